The normalized spacial score (nSPS) is 10.8. The Balaban J connectivity index is 1.81. The first-order valence-corrected chi connectivity index (χ1v) is 9.91. The van der Waals surface area contributed by atoms with Crippen LogP contribution < -0.4 is 9.47 Å². The number of nitrogens with zero attached hydrogens (tertiary/aromatic N) is 3. The molecule has 3 rings (SSSR count). The van der Waals surface area contributed by atoms with Gasteiger partial charge < -0.3 is 9.47 Å². The summed E-state index contributed by atoms with van der Waals surface area (Å²) in [7, 11) is 0. The zero-order chi connectivity index (χ0) is 23.8. The van der Waals surface area contributed by atoms with Crippen LogP contribution in [-0.2, 0) is 6.61 Å². The number of non-ortho nitro benzene ring substituents is 2. The van der Waals surface area contributed by atoms with Crippen LogP contribution in [0.1, 0.15) is 23.6 Å². The van der Waals surface area contributed by atoms with E-state index in [1.807, 2.05) is 6.92 Å². The summed E-state index contributed by atoms with van der Waals surface area (Å²) in [4.78, 5) is 20.7. The molecular formula is C24H19N3O6. The van der Waals surface area contributed by atoms with Crippen molar-refractivity contribution < 1.29 is 19.3 Å². The maximum Gasteiger partial charge on any atom is 0.269 e. The number of allylic oxidation sites excluding steroid dienone is 1. The first-order valence-electron chi connectivity index (χ1n) is 9.91. The molecule has 0 aliphatic rings. The summed E-state index contributed by atoms with van der Waals surface area (Å²) in [5, 5.41) is 31.2. The van der Waals surface area contributed by atoms with Gasteiger partial charge in [-0.1, -0.05) is 6.07 Å². The molecule has 0 aliphatic heterocycles. The molecule has 0 heterocycles. The van der Waals surface area contributed by atoms with Crippen LogP contribution in [0.25, 0.3) is 11.6 Å². The smallest absolute Gasteiger partial charge is 0.269 e. The van der Waals surface area contributed by atoms with Gasteiger partial charge in [-0.25, -0.2) is 0 Å². The molecule has 9 heteroatoms. The Morgan fingerprint density at radius 1 is 0.909 bits per heavy atom. The Morgan fingerprint density at radius 3 is 2.06 bits per heavy atom. The van der Waals surface area contributed by atoms with Crippen LogP contribution in [0.15, 0.2) is 66.7 Å². The van der Waals surface area contributed by atoms with Crippen molar-refractivity contribution in [1.82, 2.24) is 0 Å². The number of nitro groups is 2. The second-order valence-corrected chi connectivity index (χ2v) is 6.83. The summed E-state index contributed by atoms with van der Waals surface area (Å²) in [5.41, 5.74) is 2.30. The zero-order valence-electron chi connectivity index (χ0n) is 17.6. The molecule has 33 heavy (non-hydrogen) atoms. The number of nitro benzene ring substituents is 2. The van der Waals surface area contributed by atoms with E-state index in [-0.39, 0.29) is 18.0 Å². The van der Waals surface area contributed by atoms with E-state index in [0.29, 0.717) is 34.8 Å². The maximum absolute atomic E-state index is 10.8. The Kier molecular flexibility index (Phi) is 7.34. The second-order valence-electron chi connectivity index (χ2n) is 6.83. The van der Waals surface area contributed by atoms with Gasteiger partial charge in [0, 0.05) is 24.3 Å². The van der Waals surface area contributed by atoms with Gasteiger partial charge in [0.15, 0.2) is 11.5 Å². The Morgan fingerprint density at radius 2 is 1.52 bits per heavy atom. The highest BCUT2D eigenvalue weighted by Crippen LogP contribution is 2.31. The number of nitriles is 1. The van der Waals surface area contributed by atoms with Crippen molar-refractivity contribution in [3.63, 3.8) is 0 Å². The van der Waals surface area contributed by atoms with Crippen molar-refractivity contribution in [1.29, 1.82) is 5.26 Å². The molecule has 0 amide bonds. The van der Waals surface area contributed by atoms with Crippen LogP contribution >= 0.6 is 0 Å². The van der Waals surface area contributed by atoms with E-state index in [0.717, 1.165) is 5.56 Å². The fraction of sp³-hybridized carbons (Fsp3) is 0.125. The highest BCUT2D eigenvalue weighted by Gasteiger charge is 2.10. The molecule has 0 atom stereocenters. The summed E-state index contributed by atoms with van der Waals surface area (Å²) < 4.78 is 11.5. The second kappa shape index (κ2) is 10.5. The van der Waals surface area contributed by atoms with E-state index in [9.17, 15) is 25.5 Å². The lowest BCUT2D eigenvalue weighted by atomic mass is 10.0. The summed E-state index contributed by atoms with van der Waals surface area (Å²) >= 11 is 0. The number of hydrogen-bond donors (Lipinski definition) is 0. The number of benzene rings is 3. The number of ether oxygens (including phenoxy) is 2. The first-order chi connectivity index (χ1) is 15.9. The van der Waals surface area contributed by atoms with Gasteiger partial charge in [0.25, 0.3) is 11.4 Å². The topological polar surface area (TPSA) is 129 Å². The Hall–Kier alpha value is -4.71. The SMILES string of the molecule is CCOc1cc(/C=C(/C#N)c2ccc([N+](=O)[O-])cc2)ccc1OCc1ccc([N+](=O)[O-])cc1. The molecule has 0 spiro atoms. The van der Waals surface area contributed by atoms with Crippen molar-refractivity contribution in [3.8, 4) is 17.6 Å². The van der Waals surface area contributed by atoms with Gasteiger partial charge >= 0.3 is 0 Å². The Bertz CT molecular complexity index is 1230. The highest BCUT2D eigenvalue weighted by molar-refractivity contribution is 5.90. The molecule has 3 aromatic carbocycles. The highest BCUT2D eigenvalue weighted by atomic mass is 16.6. The van der Waals surface area contributed by atoms with Gasteiger partial charge in [0.1, 0.15) is 6.61 Å². The van der Waals surface area contributed by atoms with E-state index in [4.69, 9.17) is 9.47 Å². The average Bonchev–Trinajstić information content (AvgIpc) is 2.82. The summed E-state index contributed by atoms with van der Waals surface area (Å²) in [6.45, 7) is 2.42. The van der Waals surface area contributed by atoms with Crippen molar-refractivity contribution in [2.24, 2.45) is 0 Å². The van der Waals surface area contributed by atoms with Crippen molar-refractivity contribution in [2.45, 2.75) is 13.5 Å². The van der Waals surface area contributed by atoms with Crippen LogP contribution in [0.2, 0.25) is 0 Å². The van der Waals surface area contributed by atoms with Gasteiger partial charge in [-0.3, -0.25) is 20.2 Å². The van der Waals surface area contributed by atoms with Gasteiger partial charge in [0.2, 0.25) is 0 Å². The zero-order valence-corrected chi connectivity index (χ0v) is 17.6. The molecule has 0 unspecified atom stereocenters. The third-order valence-corrected chi connectivity index (χ3v) is 4.63. The number of rotatable bonds is 9. The molecule has 0 radical (unpaired) electrons. The molecular weight excluding hydrogens is 426 g/mol. The van der Waals surface area contributed by atoms with E-state index < -0.39 is 9.85 Å². The minimum absolute atomic E-state index is 0.00575. The van der Waals surface area contributed by atoms with E-state index in [1.54, 1.807) is 36.4 Å². The first kappa shape index (κ1) is 23.0. The van der Waals surface area contributed by atoms with Gasteiger partial charge in [0.05, 0.1) is 28.1 Å². The third kappa shape index (κ3) is 5.92. The van der Waals surface area contributed by atoms with Gasteiger partial charge in [-0.15, -0.1) is 0 Å². The molecule has 0 saturated carbocycles. The summed E-state index contributed by atoms with van der Waals surface area (Å²) in [6.07, 6.45) is 1.66. The van der Waals surface area contributed by atoms with Gasteiger partial charge in [-0.2, -0.15) is 5.26 Å². The third-order valence-electron chi connectivity index (χ3n) is 4.63. The summed E-state index contributed by atoms with van der Waals surface area (Å²) in [5.74, 6) is 0.968. The molecule has 0 N–H and O–H groups in total. The Labute approximate surface area is 189 Å². The van der Waals surface area contributed by atoms with Crippen LogP contribution in [0.3, 0.4) is 0 Å². The predicted octanol–water partition coefficient (Wildman–Crippen LogP) is 5.54. The van der Waals surface area contributed by atoms with E-state index in [1.165, 1.54) is 36.4 Å². The predicted molar refractivity (Wildman–Crippen MR) is 122 cm³/mol. The lowest BCUT2D eigenvalue weighted by Crippen LogP contribution is -2.00. The fourth-order valence-corrected chi connectivity index (χ4v) is 2.99. The molecule has 3 aromatic rings. The van der Waals surface area contributed by atoms with Crippen LogP contribution in [-0.4, -0.2) is 16.5 Å². The monoisotopic (exact) mass is 445 g/mol. The minimum Gasteiger partial charge on any atom is -0.490 e. The molecule has 0 fully saturated rings. The largest absolute Gasteiger partial charge is 0.490 e. The molecule has 0 aliphatic carbocycles. The molecule has 0 aromatic heterocycles. The van der Waals surface area contributed by atoms with Crippen LogP contribution in [0.4, 0.5) is 11.4 Å². The minimum atomic E-state index is -0.497. The molecule has 0 bridgehead atoms. The fourth-order valence-electron chi connectivity index (χ4n) is 2.99. The van der Waals surface area contributed by atoms with Gasteiger partial charge in [-0.05, 0) is 66.1 Å². The molecule has 9 nitrogen and oxygen atoms in total. The standard InChI is InChI=1S/C24H19N3O6/c1-2-32-24-14-18(13-20(15-25)19-6-10-22(11-7-19)27(30)31)5-12-23(24)33-16-17-3-8-21(9-4-17)26(28)29/h3-14H,2,16H2,1H3/b20-13-. The van der Waals surface area contributed by atoms with Crippen LogP contribution in [0.5, 0.6) is 11.5 Å². The van der Waals surface area contributed by atoms with Crippen molar-refractivity contribution in [2.75, 3.05) is 6.61 Å². The quantitative estimate of drug-likeness (QED) is 0.183. The molecule has 0 saturated heterocycles. The lowest BCUT2D eigenvalue weighted by Gasteiger charge is -2.13. The van der Waals surface area contributed by atoms with Crippen molar-refractivity contribution in [3.05, 3.63) is 104 Å². The maximum atomic E-state index is 10.8. The van der Waals surface area contributed by atoms with E-state index in [2.05, 4.69) is 6.07 Å². The number of hydrogen-bond acceptors (Lipinski definition) is 7. The molecule has 166 valence electrons. The van der Waals surface area contributed by atoms with Crippen molar-refractivity contribution >= 4 is 23.0 Å². The van der Waals surface area contributed by atoms with Crippen LogP contribution in [0, 0.1) is 31.6 Å². The lowest BCUT2D eigenvalue weighted by molar-refractivity contribution is -0.385. The summed E-state index contributed by atoms with van der Waals surface area (Å²) in [6, 6.07) is 19.1. The van der Waals surface area contributed by atoms with E-state index >= 15 is 0 Å². The average molecular weight is 445 g/mol.